The molecule has 28 heavy (non-hydrogen) atoms. The Balaban J connectivity index is 1.73. The molecule has 2 nitrogen and oxygen atoms in total. The predicted molar refractivity (Wildman–Crippen MR) is 124 cm³/mol. The molecule has 134 valence electrons. The van der Waals surface area contributed by atoms with Crippen molar-refractivity contribution >= 4 is 55.5 Å². The molecule has 0 saturated carbocycles. The first-order valence-corrected chi connectivity index (χ1v) is 10.1. The Kier molecular flexibility index (Phi) is 4.15. The first kappa shape index (κ1) is 16.7. The van der Waals surface area contributed by atoms with Crippen molar-refractivity contribution in [1.29, 1.82) is 0 Å². The second-order valence-electron chi connectivity index (χ2n) is 6.59. The van der Waals surface area contributed by atoms with E-state index >= 15 is 0 Å². The van der Waals surface area contributed by atoms with E-state index in [0.29, 0.717) is 0 Å². The number of aromatic nitrogens is 1. The normalized spacial score (nSPS) is 12.1. The van der Waals surface area contributed by atoms with E-state index in [9.17, 15) is 0 Å². The lowest BCUT2D eigenvalue weighted by atomic mass is 10.1. The van der Waals surface area contributed by atoms with Gasteiger partial charge in [-0.1, -0.05) is 49.1 Å². The van der Waals surface area contributed by atoms with Crippen molar-refractivity contribution in [2.45, 2.75) is 0 Å². The van der Waals surface area contributed by atoms with Gasteiger partial charge in [0.05, 0.1) is 11.0 Å². The van der Waals surface area contributed by atoms with Gasteiger partial charge in [0.2, 0.25) is 0 Å². The van der Waals surface area contributed by atoms with Gasteiger partial charge in [-0.15, -0.1) is 11.3 Å². The van der Waals surface area contributed by atoms with Gasteiger partial charge in [-0.05, 0) is 47.4 Å². The molecular weight excluding hydrogens is 360 g/mol. The zero-order valence-electron chi connectivity index (χ0n) is 15.2. The van der Waals surface area contributed by atoms with Gasteiger partial charge in [0, 0.05) is 39.0 Å². The van der Waals surface area contributed by atoms with Crippen molar-refractivity contribution in [3.05, 3.63) is 96.5 Å². The van der Waals surface area contributed by atoms with E-state index in [2.05, 4.69) is 88.2 Å². The number of rotatable bonds is 4. The fourth-order valence-corrected chi connectivity index (χ4v) is 4.54. The largest absolute Gasteiger partial charge is 0.309 e. The first-order valence-electron chi connectivity index (χ1n) is 9.17. The molecule has 3 aromatic carbocycles. The Morgan fingerprint density at radius 3 is 2.57 bits per heavy atom. The maximum Gasteiger partial charge on any atom is 0.0627 e. The molecule has 5 aromatic rings. The summed E-state index contributed by atoms with van der Waals surface area (Å²) in [5, 5.41) is 6.06. The number of allylic oxidation sites excluding steroid dienone is 1. The van der Waals surface area contributed by atoms with Crippen LogP contribution in [0.3, 0.4) is 0 Å². The Morgan fingerprint density at radius 1 is 0.857 bits per heavy atom. The number of aliphatic imine (C=N–C) groups is 1. The molecule has 0 amide bonds. The van der Waals surface area contributed by atoms with Crippen molar-refractivity contribution in [2.24, 2.45) is 4.99 Å². The van der Waals surface area contributed by atoms with E-state index in [1.165, 1.54) is 31.9 Å². The third kappa shape index (κ3) is 2.68. The second-order valence-corrected chi connectivity index (χ2v) is 7.54. The van der Waals surface area contributed by atoms with Crippen molar-refractivity contribution in [2.75, 3.05) is 0 Å². The minimum atomic E-state index is 1.12. The lowest BCUT2D eigenvalue weighted by molar-refractivity contribution is 1.19. The lowest BCUT2D eigenvalue weighted by Gasteiger charge is -2.09. The van der Waals surface area contributed by atoms with Crippen LogP contribution in [-0.4, -0.2) is 10.8 Å². The van der Waals surface area contributed by atoms with Crippen LogP contribution in [0.4, 0.5) is 0 Å². The molecule has 2 aromatic heterocycles. The van der Waals surface area contributed by atoms with Gasteiger partial charge in [-0.2, -0.15) is 0 Å². The van der Waals surface area contributed by atoms with Crippen LogP contribution in [0.2, 0.25) is 0 Å². The molecular formula is C25H18N2S. The van der Waals surface area contributed by atoms with Gasteiger partial charge >= 0.3 is 0 Å². The number of hydrogen-bond acceptors (Lipinski definition) is 2. The highest BCUT2D eigenvalue weighted by atomic mass is 32.1. The highest BCUT2D eigenvalue weighted by molar-refractivity contribution is 7.17. The van der Waals surface area contributed by atoms with Crippen molar-refractivity contribution in [3.8, 4) is 5.69 Å². The maximum atomic E-state index is 4.14. The van der Waals surface area contributed by atoms with E-state index in [1.807, 2.05) is 6.08 Å². The van der Waals surface area contributed by atoms with E-state index in [4.69, 9.17) is 0 Å². The summed E-state index contributed by atoms with van der Waals surface area (Å²) in [7, 11) is 0. The van der Waals surface area contributed by atoms with Crippen molar-refractivity contribution in [1.82, 2.24) is 4.57 Å². The minimum Gasteiger partial charge on any atom is -0.309 e. The quantitative estimate of drug-likeness (QED) is 0.294. The Bertz CT molecular complexity index is 1360. The molecule has 0 saturated heterocycles. The van der Waals surface area contributed by atoms with Crippen LogP contribution in [0.1, 0.15) is 5.56 Å². The zero-order valence-corrected chi connectivity index (χ0v) is 16.1. The molecule has 0 atom stereocenters. The van der Waals surface area contributed by atoms with E-state index in [0.717, 1.165) is 11.3 Å². The van der Waals surface area contributed by atoms with Gasteiger partial charge in [-0.3, -0.25) is 4.99 Å². The molecule has 0 fully saturated rings. The summed E-state index contributed by atoms with van der Waals surface area (Å²) < 4.78 is 3.69. The average Bonchev–Trinajstić information content (AvgIpc) is 3.34. The standard InChI is InChI=1S/C25H18N2S/c1-2-15-26-16-13-18-7-9-19(10-8-18)27-23-6-4-3-5-20(23)21-11-12-24-22(25(21)27)14-17-28-24/h2-17H,1H2/b16-13+,26-15?. The fourth-order valence-electron chi connectivity index (χ4n) is 3.75. The number of nitrogens with zero attached hydrogens (tertiary/aromatic N) is 2. The van der Waals surface area contributed by atoms with Crippen molar-refractivity contribution < 1.29 is 0 Å². The van der Waals surface area contributed by atoms with Crippen LogP contribution in [-0.2, 0) is 0 Å². The summed E-state index contributed by atoms with van der Waals surface area (Å²) in [6, 6.07) is 23.9. The van der Waals surface area contributed by atoms with Gasteiger partial charge in [0.15, 0.2) is 0 Å². The third-order valence-electron chi connectivity index (χ3n) is 4.96. The number of thiophene rings is 1. The van der Waals surface area contributed by atoms with Gasteiger partial charge in [-0.25, -0.2) is 0 Å². The van der Waals surface area contributed by atoms with Gasteiger partial charge < -0.3 is 4.57 Å². The molecule has 0 unspecified atom stereocenters. The van der Waals surface area contributed by atoms with E-state index in [-0.39, 0.29) is 0 Å². The molecule has 0 aliphatic heterocycles. The highest BCUT2D eigenvalue weighted by Crippen LogP contribution is 2.37. The zero-order chi connectivity index (χ0) is 18.9. The maximum absolute atomic E-state index is 4.14. The van der Waals surface area contributed by atoms with E-state index < -0.39 is 0 Å². The monoisotopic (exact) mass is 378 g/mol. The average molecular weight is 379 g/mol. The van der Waals surface area contributed by atoms with Gasteiger partial charge in [0.25, 0.3) is 0 Å². The van der Waals surface area contributed by atoms with Crippen LogP contribution in [0, 0.1) is 0 Å². The summed E-state index contributed by atoms with van der Waals surface area (Å²) in [5.74, 6) is 0. The molecule has 0 bridgehead atoms. The molecule has 3 heteroatoms. The van der Waals surface area contributed by atoms with Crippen LogP contribution < -0.4 is 0 Å². The lowest BCUT2D eigenvalue weighted by Crippen LogP contribution is -1.93. The molecule has 0 radical (unpaired) electrons. The molecule has 2 heterocycles. The van der Waals surface area contributed by atoms with Crippen LogP contribution in [0.25, 0.3) is 43.7 Å². The van der Waals surface area contributed by atoms with Crippen LogP contribution >= 0.6 is 11.3 Å². The van der Waals surface area contributed by atoms with Gasteiger partial charge in [0.1, 0.15) is 0 Å². The van der Waals surface area contributed by atoms with Crippen LogP contribution in [0.15, 0.2) is 96.0 Å². The Labute approximate surface area is 167 Å². The summed E-state index contributed by atoms with van der Waals surface area (Å²) in [6.45, 7) is 3.63. The molecule has 0 N–H and O–H groups in total. The third-order valence-corrected chi connectivity index (χ3v) is 5.84. The smallest absolute Gasteiger partial charge is 0.0627 e. The van der Waals surface area contributed by atoms with E-state index in [1.54, 1.807) is 29.8 Å². The predicted octanol–water partition coefficient (Wildman–Crippen LogP) is 7.23. The fraction of sp³-hybridized carbons (Fsp3) is 0. The number of hydrogen-bond donors (Lipinski definition) is 0. The molecule has 0 spiro atoms. The SMILES string of the molecule is C=CC=N/C=C/c1ccc(-n2c3ccccc3c3ccc4sccc4c32)cc1. The van der Waals surface area contributed by atoms with Crippen LogP contribution in [0.5, 0.6) is 0 Å². The minimum absolute atomic E-state index is 1.12. The topological polar surface area (TPSA) is 17.3 Å². The van der Waals surface area contributed by atoms with Crippen molar-refractivity contribution in [3.63, 3.8) is 0 Å². The number of fused-ring (bicyclic) bond motifs is 5. The second kappa shape index (κ2) is 6.95. The molecule has 0 aliphatic carbocycles. The Hall–Kier alpha value is -3.43. The molecule has 5 rings (SSSR count). The molecule has 0 aliphatic rings. The Morgan fingerprint density at radius 2 is 1.71 bits per heavy atom. The highest BCUT2D eigenvalue weighted by Gasteiger charge is 2.14. The summed E-state index contributed by atoms with van der Waals surface area (Å²) >= 11 is 1.79. The summed E-state index contributed by atoms with van der Waals surface area (Å²) in [6.07, 6.45) is 7.12. The first-order chi connectivity index (χ1) is 13.9. The summed E-state index contributed by atoms with van der Waals surface area (Å²) in [4.78, 5) is 4.14. The summed E-state index contributed by atoms with van der Waals surface area (Å²) in [5.41, 5.74) is 4.79. The number of benzene rings is 3. The number of para-hydroxylation sites is 1.